The van der Waals surface area contributed by atoms with Gasteiger partial charge in [-0.2, -0.15) is 0 Å². The molecule has 92 valence electrons. The predicted molar refractivity (Wildman–Crippen MR) is 77.3 cm³/mol. The van der Waals surface area contributed by atoms with Crippen molar-refractivity contribution in [2.75, 3.05) is 7.05 Å². The van der Waals surface area contributed by atoms with Gasteiger partial charge in [0.15, 0.2) is 0 Å². The van der Waals surface area contributed by atoms with Gasteiger partial charge in [0.05, 0.1) is 0 Å². The molecule has 1 aromatic carbocycles. The maximum Gasteiger partial charge on any atom is 0.0300 e. The van der Waals surface area contributed by atoms with Crippen LogP contribution in [-0.4, -0.2) is 7.05 Å². The first-order valence-electron chi connectivity index (χ1n) is 6.54. The van der Waals surface area contributed by atoms with Crippen molar-refractivity contribution < 1.29 is 0 Å². The Hall–Kier alpha value is -1.76. The summed E-state index contributed by atoms with van der Waals surface area (Å²) in [5.41, 5.74) is 7.16. The maximum absolute atomic E-state index is 3.23. The fourth-order valence-corrected chi connectivity index (χ4v) is 3.12. The standard InChI is InChI=1S/C17H19N/c1-17(2)15-7-5-4-6-13(15)14-10-8-12(18-3)9-11-16(14)17/h4-10,18H,11H2,1-3H3. The molecule has 0 aromatic heterocycles. The molecule has 2 aliphatic carbocycles. The Labute approximate surface area is 109 Å². The summed E-state index contributed by atoms with van der Waals surface area (Å²) < 4.78 is 0. The van der Waals surface area contributed by atoms with E-state index in [0.717, 1.165) is 6.42 Å². The number of likely N-dealkylation sites (N-methyl/N-ethyl adjacent to an activating group) is 1. The van der Waals surface area contributed by atoms with Gasteiger partial charge in [-0.1, -0.05) is 50.3 Å². The molecule has 0 aliphatic heterocycles. The maximum atomic E-state index is 3.23. The molecule has 0 radical (unpaired) electrons. The Balaban J connectivity index is 2.17. The summed E-state index contributed by atoms with van der Waals surface area (Å²) in [7, 11) is 1.98. The average molecular weight is 237 g/mol. The first kappa shape index (κ1) is 11.3. The van der Waals surface area contributed by atoms with Crippen LogP contribution in [0, 0.1) is 0 Å². The molecule has 1 nitrogen and oxygen atoms in total. The van der Waals surface area contributed by atoms with Crippen molar-refractivity contribution in [3.05, 3.63) is 64.9 Å². The highest BCUT2D eigenvalue weighted by molar-refractivity contribution is 5.86. The number of nitrogens with one attached hydrogen (secondary N) is 1. The molecule has 0 fully saturated rings. The second-order valence-corrected chi connectivity index (χ2v) is 5.51. The minimum Gasteiger partial charge on any atom is -0.388 e. The zero-order chi connectivity index (χ0) is 12.8. The van der Waals surface area contributed by atoms with Gasteiger partial charge in [0.1, 0.15) is 0 Å². The molecule has 0 unspecified atom stereocenters. The highest BCUT2D eigenvalue weighted by atomic mass is 14.8. The van der Waals surface area contributed by atoms with Gasteiger partial charge in [0.2, 0.25) is 0 Å². The molecule has 0 spiro atoms. The van der Waals surface area contributed by atoms with Crippen molar-refractivity contribution in [3.8, 4) is 0 Å². The molecule has 1 aromatic rings. The summed E-state index contributed by atoms with van der Waals surface area (Å²) in [5, 5.41) is 3.23. The van der Waals surface area contributed by atoms with Crippen LogP contribution in [0.2, 0.25) is 0 Å². The molecule has 0 amide bonds. The summed E-state index contributed by atoms with van der Waals surface area (Å²) in [6.45, 7) is 4.67. The molecule has 1 heteroatoms. The van der Waals surface area contributed by atoms with Gasteiger partial charge in [-0.15, -0.1) is 0 Å². The smallest absolute Gasteiger partial charge is 0.0300 e. The number of rotatable bonds is 1. The Bertz CT molecular complexity index is 585. The number of hydrogen-bond donors (Lipinski definition) is 1. The van der Waals surface area contributed by atoms with Gasteiger partial charge in [-0.05, 0) is 34.8 Å². The van der Waals surface area contributed by atoms with Gasteiger partial charge in [0.25, 0.3) is 0 Å². The van der Waals surface area contributed by atoms with E-state index in [9.17, 15) is 0 Å². The highest BCUT2D eigenvalue weighted by Gasteiger charge is 2.36. The van der Waals surface area contributed by atoms with E-state index in [1.807, 2.05) is 7.05 Å². The largest absolute Gasteiger partial charge is 0.388 e. The van der Waals surface area contributed by atoms with E-state index in [2.05, 4.69) is 61.7 Å². The molecule has 3 rings (SSSR count). The molecular weight excluding hydrogens is 218 g/mol. The van der Waals surface area contributed by atoms with Crippen LogP contribution in [0.25, 0.3) is 5.57 Å². The lowest BCUT2D eigenvalue weighted by Gasteiger charge is -2.24. The summed E-state index contributed by atoms with van der Waals surface area (Å²) in [4.78, 5) is 0. The Morgan fingerprint density at radius 1 is 1.11 bits per heavy atom. The molecule has 1 N–H and O–H groups in total. The van der Waals surface area contributed by atoms with Crippen LogP contribution in [0.15, 0.2) is 53.8 Å². The second-order valence-electron chi connectivity index (χ2n) is 5.51. The molecular formula is C17H19N. The minimum atomic E-state index is 0.149. The van der Waals surface area contributed by atoms with E-state index >= 15 is 0 Å². The van der Waals surface area contributed by atoms with E-state index in [1.165, 1.54) is 28.0 Å². The number of fused-ring (bicyclic) bond motifs is 2. The monoisotopic (exact) mass is 237 g/mol. The van der Waals surface area contributed by atoms with Crippen molar-refractivity contribution in [2.24, 2.45) is 0 Å². The third-order valence-corrected chi connectivity index (χ3v) is 4.21. The molecule has 0 saturated heterocycles. The molecule has 18 heavy (non-hydrogen) atoms. The van der Waals surface area contributed by atoms with Crippen molar-refractivity contribution >= 4 is 5.57 Å². The number of allylic oxidation sites excluding steroid dienone is 5. The third kappa shape index (κ3) is 1.47. The predicted octanol–water partition coefficient (Wildman–Crippen LogP) is 3.79. The van der Waals surface area contributed by atoms with Crippen LogP contribution in [0.5, 0.6) is 0 Å². The van der Waals surface area contributed by atoms with Crippen LogP contribution in [-0.2, 0) is 5.41 Å². The summed E-state index contributed by atoms with van der Waals surface area (Å²) in [5.74, 6) is 0. The number of benzene rings is 1. The van der Waals surface area contributed by atoms with E-state index in [0.29, 0.717) is 0 Å². The normalized spacial score (nSPS) is 20.1. The van der Waals surface area contributed by atoms with Crippen LogP contribution in [0.4, 0.5) is 0 Å². The Kier molecular flexibility index (Phi) is 2.44. The van der Waals surface area contributed by atoms with Crippen molar-refractivity contribution in [1.29, 1.82) is 0 Å². The van der Waals surface area contributed by atoms with E-state index in [-0.39, 0.29) is 5.41 Å². The SMILES string of the molecule is CNC1=CCC2=C(C=C1)c1ccccc1C2(C)C. The topological polar surface area (TPSA) is 12.0 Å². The first-order chi connectivity index (χ1) is 8.64. The van der Waals surface area contributed by atoms with E-state index in [1.54, 1.807) is 0 Å². The molecule has 0 atom stereocenters. The van der Waals surface area contributed by atoms with Gasteiger partial charge in [0, 0.05) is 18.2 Å². The fourth-order valence-electron chi connectivity index (χ4n) is 3.12. The number of hydrogen-bond acceptors (Lipinski definition) is 1. The minimum absolute atomic E-state index is 0.149. The summed E-state index contributed by atoms with van der Waals surface area (Å²) >= 11 is 0. The molecule has 2 aliphatic rings. The summed E-state index contributed by atoms with van der Waals surface area (Å²) in [6.07, 6.45) is 7.76. The molecule has 0 bridgehead atoms. The van der Waals surface area contributed by atoms with Crippen LogP contribution < -0.4 is 5.32 Å². The van der Waals surface area contributed by atoms with Gasteiger partial charge >= 0.3 is 0 Å². The van der Waals surface area contributed by atoms with Gasteiger partial charge < -0.3 is 5.32 Å². The molecule has 0 saturated carbocycles. The zero-order valence-electron chi connectivity index (χ0n) is 11.2. The van der Waals surface area contributed by atoms with Crippen LogP contribution in [0.3, 0.4) is 0 Å². The quantitative estimate of drug-likeness (QED) is 0.783. The third-order valence-electron chi connectivity index (χ3n) is 4.21. The summed E-state index contributed by atoms with van der Waals surface area (Å²) in [6, 6.07) is 8.79. The van der Waals surface area contributed by atoms with E-state index in [4.69, 9.17) is 0 Å². The van der Waals surface area contributed by atoms with Crippen LogP contribution in [0.1, 0.15) is 31.4 Å². The van der Waals surface area contributed by atoms with Crippen molar-refractivity contribution in [3.63, 3.8) is 0 Å². The zero-order valence-corrected chi connectivity index (χ0v) is 11.2. The van der Waals surface area contributed by atoms with E-state index < -0.39 is 0 Å². The van der Waals surface area contributed by atoms with Crippen molar-refractivity contribution in [2.45, 2.75) is 25.7 Å². The Morgan fingerprint density at radius 2 is 1.89 bits per heavy atom. The average Bonchev–Trinajstić information content (AvgIpc) is 2.55. The fraction of sp³-hybridized carbons (Fsp3) is 0.294. The van der Waals surface area contributed by atoms with Crippen molar-refractivity contribution in [1.82, 2.24) is 5.32 Å². The highest BCUT2D eigenvalue weighted by Crippen LogP contribution is 2.48. The lowest BCUT2D eigenvalue weighted by Crippen LogP contribution is -2.17. The Morgan fingerprint density at radius 3 is 2.67 bits per heavy atom. The van der Waals surface area contributed by atoms with Gasteiger partial charge in [-0.3, -0.25) is 0 Å². The van der Waals surface area contributed by atoms with Crippen LogP contribution >= 0.6 is 0 Å². The van der Waals surface area contributed by atoms with Gasteiger partial charge in [-0.25, -0.2) is 0 Å². The first-order valence-corrected chi connectivity index (χ1v) is 6.54. The lowest BCUT2D eigenvalue weighted by molar-refractivity contribution is 0.625. The molecule has 0 heterocycles. The second kappa shape index (κ2) is 3.88. The lowest BCUT2D eigenvalue weighted by atomic mass is 9.80.